The number of hydrogen-bond donors (Lipinski definition) is 0. The van der Waals surface area contributed by atoms with Gasteiger partial charge in [0.1, 0.15) is 0 Å². The Labute approximate surface area is 273 Å². The molecule has 1 aliphatic carbocycles. The molecular formula is C44H42N2. The molecule has 0 saturated heterocycles. The van der Waals surface area contributed by atoms with Crippen molar-refractivity contribution in [2.45, 2.75) is 58.9 Å². The van der Waals surface area contributed by atoms with Gasteiger partial charge in [-0.05, 0) is 81.1 Å². The van der Waals surface area contributed by atoms with E-state index in [4.69, 9.17) is 0 Å². The highest BCUT2D eigenvalue weighted by Gasteiger charge is 2.39. The second kappa shape index (κ2) is 10.4. The highest BCUT2D eigenvalue weighted by Crippen LogP contribution is 2.50. The molecule has 2 atom stereocenters. The zero-order chi connectivity index (χ0) is 31.8. The van der Waals surface area contributed by atoms with Gasteiger partial charge in [-0.25, -0.2) is 0 Å². The van der Waals surface area contributed by atoms with Gasteiger partial charge in [0.05, 0.1) is 17.1 Å². The minimum atomic E-state index is 0.0757. The summed E-state index contributed by atoms with van der Waals surface area (Å²) in [7, 11) is 0. The van der Waals surface area contributed by atoms with Gasteiger partial charge in [-0.1, -0.05) is 133 Å². The fourth-order valence-electron chi connectivity index (χ4n) is 7.53. The van der Waals surface area contributed by atoms with Crippen LogP contribution in [0.1, 0.15) is 58.6 Å². The lowest BCUT2D eigenvalue weighted by Gasteiger charge is -2.33. The summed E-state index contributed by atoms with van der Waals surface area (Å²) in [4.78, 5) is 2.58. The normalized spacial score (nSPS) is 17.8. The van der Waals surface area contributed by atoms with E-state index in [1.165, 1.54) is 66.7 Å². The highest BCUT2D eigenvalue weighted by atomic mass is 15.2. The Hall–Kier alpha value is -4.82. The standard InChI is InChI=1S/C44H42N2/c1-43(2,3)31-20-22-41-37(26-31)35-16-10-12-18-39(35)45(41)33-24-30(29-14-8-7-9-15-29)25-34(28-33)46-40-19-13-11-17-36(40)38-27-32(44(4,5)6)21-23-42(38)46/h7-28,37,41H,1-6H3. The first-order valence-corrected chi connectivity index (χ1v) is 16.6. The number of nitrogens with zero attached hydrogens (tertiary/aromatic N) is 2. The smallest absolute Gasteiger partial charge is 0.0629 e. The predicted octanol–water partition coefficient (Wildman–Crippen LogP) is 11.9. The van der Waals surface area contributed by atoms with Crippen molar-refractivity contribution in [1.29, 1.82) is 0 Å². The van der Waals surface area contributed by atoms with Gasteiger partial charge >= 0.3 is 0 Å². The first kappa shape index (κ1) is 28.6. The maximum atomic E-state index is 2.58. The van der Waals surface area contributed by atoms with E-state index in [9.17, 15) is 0 Å². The molecule has 8 rings (SSSR count). The molecule has 0 fully saturated rings. The monoisotopic (exact) mass is 598 g/mol. The molecule has 5 aromatic carbocycles. The maximum absolute atomic E-state index is 2.58. The molecule has 0 amide bonds. The number of anilines is 2. The largest absolute Gasteiger partial charge is 0.333 e. The molecule has 228 valence electrons. The van der Waals surface area contributed by atoms with Crippen LogP contribution in [0.5, 0.6) is 0 Å². The van der Waals surface area contributed by atoms with Crippen LogP contribution in [-0.4, -0.2) is 10.6 Å². The number of rotatable bonds is 3. The van der Waals surface area contributed by atoms with E-state index in [-0.39, 0.29) is 16.9 Å². The predicted molar refractivity (Wildman–Crippen MR) is 197 cm³/mol. The average Bonchev–Trinajstić information content (AvgIpc) is 3.56. The van der Waals surface area contributed by atoms with Gasteiger partial charge in [-0.2, -0.15) is 0 Å². The summed E-state index contributed by atoms with van der Waals surface area (Å²) in [6, 6.07) is 43.1. The number of aromatic nitrogens is 1. The molecule has 1 aliphatic heterocycles. The number of fused-ring (bicyclic) bond motifs is 6. The van der Waals surface area contributed by atoms with E-state index in [0.29, 0.717) is 5.92 Å². The van der Waals surface area contributed by atoms with Gasteiger partial charge in [-0.15, -0.1) is 0 Å². The van der Waals surface area contributed by atoms with Crippen LogP contribution in [0.4, 0.5) is 11.4 Å². The van der Waals surface area contributed by atoms with E-state index in [1.807, 2.05) is 0 Å². The Kier molecular flexibility index (Phi) is 6.45. The number of benzene rings is 5. The van der Waals surface area contributed by atoms with Crippen LogP contribution < -0.4 is 4.90 Å². The second-order valence-corrected chi connectivity index (χ2v) is 15.1. The molecule has 2 heteroatoms. The fraction of sp³-hybridized carbons (Fsp3) is 0.227. The van der Waals surface area contributed by atoms with Gasteiger partial charge in [0.2, 0.25) is 0 Å². The minimum absolute atomic E-state index is 0.0757. The molecule has 0 N–H and O–H groups in total. The van der Waals surface area contributed by atoms with Crippen LogP contribution in [0.15, 0.2) is 139 Å². The van der Waals surface area contributed by atoms with Crippen LogP contribution >= 0.6 is 0 Å². The molecule has 1 aromatic heterocycles. The van der Waals surface area contributed by atoms with E-state index < -0.39 is 0 Å². The summed E-state index contributed by atoms with van der Waals surface area (Å²) in [6.45, 7) is 13.8. The van der Waals surface area contributed by atoms with Crippen molar-refractivity contribution < 1.29 is 0 Å². The molecule has 2 nitrogen and oxygen atoms in total. The summed E-state index contributed by atoms with van der Waals surface area (Å²) >= 11 is 0. The van der Waals surface area contributed by atoms with Crippen LogP contribution in [0.2, 0.25) is 0 Å². The number of hydrogen-bond acceptors (Lipinski definition) is 1. The SMILES string of the molecule is CC(C)(C)C1=CC2c3ccccc3N(c3cc(-c4ccccc4)cc(-n4c5ccccc5c5cc(C(C)(C)C)ccc54)c3)C2C=C1. The molecule has 0 spiro atoms. The summed E-state index contributed by atoms with van der Waals surface area (Å²) < 4.78 is 2.47. The van der Waals surface area contributed by atoms with Crippen molar-refractivity contribution >= 4 is 33.2 Å². The maximum Gasteiger partial charge on any atom is 0.0629 e. The third kappa shape index (κ3) is 4.62. The zero-order valence-electron chi connectivity index (χ0n) is 27.8. The zero-order valence-corrected chi connectivity index (χ0v) is 27.8. The van der Waals surface area contributed by atoms with Crippen molar-refractivity contribution in [3.8, 4) is 16.8 Å². The van der Waals surface area contributed by atoms with Crippen molar-refractivity contribution in [1.82, 2.24) is 4.57 Å². The second-order valence-electron chi connectivity index (χ2n) is 15.1. The number of para-hydroxylation sites is 2. The van der Waals surface area contributed by atoms with Crippen LogP contribution in [-0.2, 0) is 5.41 Å². The van der Waals surface area contributed by atoms with Crippen LogP contribution in [0, 0.1) is 5.41 Å². The van der Waals surface area contributed by atoms with Crippen molar-refractivity contribution in [3.63, 3.8) is 0 Å². The Bertz CT molecular complexity index is 2180. The summed E-state index contributed by atoms with van der Waals surface area (Å²) in [6.07, 6.45) is 7.32. The first-order valence-electron chi connectivity index (χ1n) is 16.6. The highest BCUT2D eigenvalue weighted by molar-refractivity contribution is 6.09. The Morgan fingerprint density at radius 1 is 0.565 bits per heavy atom. The topological polar surface area (TPSA) is 8.17 Å². The number of allylic oxidation sites excluding steroid dienone is 2. The van der Waals surface area contributed by atoms with Gasteiger partial charge in [0.15, 0.2) is 0 Å². The summed E-state index contributed by atoms with van der Waals surface area (Å²) in [5.74, 6) is 0.309. The fourth-order valence-corrected chi connectivity index (χ4v) is 7.53. The third-order valence-corrected chi connectivity index (χ3v) is 10.0. The van der Waals surface area contributed by atoms with Gasteiger partial charge in [0.25, 0.3) is 0 Å². The molecule has 2 aliphatic rings. The lowest BCUT2D eigenvalue weighted by Crippen LogP contribution is -2.30. The molecule has 6 aromatic rings. The summed E-state index contributed by atoms with van der Waals surface area (Å²) in [5.41, 5.74) is 12.9. The molecule has 0 radical (unpaired) electrons. The van der Waals surface area contributed by atoms with Crippen molar-refractivity contribution in [3.05, 3.63) is 150 Å². The van der Waals surface area contributed by atoms with E-state index in [2.05, 4.69) is 184 Å². The molecular weight excluding hydrogens is 556 g/mol. The Morgan fingerprint density at radius 2 is 1.26 bits per heavy atom. The first-order chi connectivity index (χ1) is 22.1. The minimum Gasteiger partial charge on any atom is -0.333 e. The molecule has 2 unspecified atom stereocenters. The van der Waals surface area contributed by atoms with E-state index in [1.54, 1.807) is 0 Å². The van der Waals surface area contributed by atoms with Crippen molar-refractivity contribution in [2.24, 2.45) is 5.41 Å². The van der Waals surface area contributed by atoms with Gasteiger partial charge < -0.3 is 9.47 Å². The van der Waals surface area contributed by atoms with Crippen molar-refractivity contribution in [2.75, 3.05) is 4.90 Å². The molecule has 2 heterocycles. The van der Waals surface area contributed by atoms with E-state index >= 15 is 0 Å². The molecule has 46 heavy (non-hydrogen) atoms. The van der Waals surface area contributed by atoms with Crippen LogP contribution in [0.25, 0.3) is 38.6 Å². The lowest BCUT2D eigenvalue weighted by atomic mass is 9.78. The molecule has 0 bridgehead atoms. The van der Waals surface area contributed by atoms with E-state index in [0.717, 1.165) is 0 Å². The average molecular weight is 599 g/mol. The summed E-state index contributed by atoms with van der Waals surface area (Å²) in [5, 5.41) is 2.59. The van der Waals surface area contributed by atoms with Crippen LogP contribution in [0.3, 0.4) is 0 Å². The van der Waals surface area contributed by atoms with Gasteiger partial charge in [0, 0.05) is 33.8 Å². The Morgan fingerprint density at radius 3 is 2.04 bits per heavy atom. The third-order valence-electron chi connectivity index (χ3n) is 10.0. The lowest BCUT2D eigenvalue weighted by molar-refractivity contribution is 0.507. The quantitative estimate of drug-likeness (QED) is 0.197. The Balaban J connectivity index is 1.38. The molecule has 0 saturated carbocycles. The van der Waals surface area contributed by atoms with Gasteiger partial charge in [-0.3, -0.25) is 0 Å².